The van der Waals surface area contributed by atoms with Crippen LogP contribution in [0.2, 0.25) is 0 Å². The van der Waals surface area contributed by atoms with Crippen LogP contribution in [0.1, 0.15) is 5.56 Å². The molecule has 1 aromatic carbocycles. The van der Waals surface area contributed by atoms with E-state index in [0.717, 1.165) is 17.0 Å². The van der Waals surface area contributed by atoms with Gasteiger partial charge >= 0.3 is 5.97 Å². The number of aryl methyl sites for hydroxylation is 1. The van der Waals surface area contributed by atoms with Crippen LogP contribution >= 0.6 is 23.5 Å². The number of anilines is 1. The first-order chi connectivity index (χ1) is 17.4. The molecule has 1 fully saturated rings. The molecule has 13 heteroatoms. The van der Waals surface area contributed by atoms with E-state index in [1.807, 2.05) is 53.4 Å². The third-order valence-corrected chi connectivity index (χ3v) is 8.38. The molecule has 0 radical (unpaired) electrons. The highest BCUT2D eigenvalue weighted by atomic mass is 32.2. The second-order valence-electron chi connectivity index (χ2n) is 8.27. The number of thioether (sulfide) groups is 2. The SMILES string of the molecule is COc1ccc(C[n+]2ccc(N[C@H]3C(=O)N4C(C(=O)O)=C(CSc5nnnn5C)CSC34)cc2)cc1. The third kappa shape index (κ3) is 4.75. The summed E-state index contributed by atoms with van der Waals surface area (Å²) in [7, 11) is 3.36. The number of carboxylic acid groups (broad SMARTS) is 1. The van der Waals surface area contributed by atoms with Crippen molar-refractivity contribution in [3.05, 3.63) is 65.6 Å². The zero-order chi connectivity index (χ0) is 25.2. The van der Waals surface area contributed by atoms with Crippen molar-refractivity contribution >= 4 is 41.1 Å². The molecule has 2 aliphatic heterocycles. The molecule has 2 aliphatic rings. The first-order valence-electron chi connectivity index (χ1n) is 11.1. The average molecular weight is 527 g/mol. The number of benzene rings is 1. The number of amides is 1. The van der Waals surface area contributed by atoms with Crippen molar-refractivity contribution in [3.8, 4) is 5.75 Å². The molecule has 2 N–H and O–H groups in total. The molecule has 2 aromatic heterocycles. The van der Waals surface area contributed by atoms with Gasteiger partial charge in [-0.15, -0.1) is 16.9 Å². The van der Waals surface area contributed by atoms with Crippen molar-refractivity contribution < 1.29 is 24.0 Å². The number of nitrogens with one attached hydrogen (secondary N) is 1. The van der Waals surface area contributed by atoms with Crippen molar-refractivity contribution in [1.82, 2.24) is 25.1 Å². The highest BCUT2D eigenvalue weighted by Gasteiger charge is 2.53. The molecule has 1 amide bonds. The maximum absolute atomic E-state index is 13.0. The van der Waals surface area contributed by atoms with Crippen LogP contribution in [0.4, 0.5) is 5.69 Å². The van der Waals surface area contributed by atoms with Gasteiger partial charge in [0.1, 0.15) is 22.9 Å². The maximum Gasteiger partial charge on any atom is 0.352 e. The topological polar surface area (TPSA) is 126 Å². The van der Waals surface area contributed by atoms with Crippen LogP contribution in [0.25, 0.3) is 0 Å². The monoisotopic (exact) mass is 526 g/mol. The fraction of sp³-hybridized carbons (Fsp3) is 0.304. The highest BCUT2D eigenvalue weighted by Crippen LogP contribution is 2.42. The number of tetrazole rings is 1. The van der Waals surface area contributed by atoms with Crippen LogP contribution in [-0.4, -0.2) is 72.1 Å². The Hall–Kier alpha value is -3.58. The predicted molar refractivity (Wildman–Crippen MR) is 133 cm³/mol. The first kappa shape index (κ1) is 24.1. The quantitative estimate of drug-likeness (QED) is 0.240. The van der Waals surface area contributed by atoms with Crippen LogP contribution in [0, 0.1) is 0 Å². The van der Waals surface area contributed by atoms with Crippen molar-refractivity contribution in [2.75, 3.05) is 23.9 Å². The maximum atomic E-state index is 13.0. The molecule has 5 rings (SSSR count). The fourth-order valence-electron chi connectivity index (χ4n) is 4.07. The summed E-state index contributed by atoms with van der Waals surface area (Å²) in [6.45, 7) is 0.705. The minimum atomic E-state index is -1.10. The van der Waals surface area contributed by atoms with E-state index in [2.05, 4.69) is 20.8 Å². The third-order valence-electron chi connectivity index (χ3n) is 5.94. The lowest BCUT2D eigenvalue weighted by molar-refractivity contribution is -0.688. The smallest absolute Gasteiger partial charge is 0.352 e. The van der Waals surface area contributed by atoms with Crippen LogP contribution < -0.4 is 14.6 Å². The number of β-lactam (4-membered cyclic amide) rings is 1. The molecule has 1 saturated heterocycles. The molecule has 11 nitrogen and oxygen atoms in total. The van der Waals surface area contributed by atoms with Crippen molar-refractivity contribution in [1.29, 1.82) is 0 Å². The number of pyridine rings is 1. The molecule has 186 valence electrons. The van der Waals surface area contributed by atoms with Gasteiger partial charge in [0.15, 0.2) is 18.9 Å². The number of hydrogen-bond donors (Lipinski definition) is 2. The number of aromatic nitrogens is 5. The van der Waals surface area contributed by atoms with Gasteiger partial charge in [-0.2, -0.15) is 0 Å². The second-order valence-corrected chi connectivity index (χ2v) is 10.3. The Morgan fingerprint density at radius 2 is 2.03 bits per heavy atom. The van der Waals surface area contributed by atoms with Gasteiger partial charge in [-0.25, -0.2) is 14.0 Å². The number of methoxy groups -OCH3 is 1. The first-order valence-corrected chi connectivity index (χ1v) is 13.1. The number of carbonyl (C=O) groups excluding carboxylic acids is 1. The van der Waals surface area contributed by atoms with Crippen molar-refractivity contribution in [3.63, 3.8) is 0 Å². The summed E-state index contributed by atoms with van der Waals surface area (Å²) in [5.41, 5.74) is 2.69. The Balaban J connectivity index is 1.23. The lowest BCUT2D eigenvalue weighted by Crippen LogP contribution is -2.67. The van der Waals surface area contributed by atoms with Gasteiger partial charge in [-0.1, -0.05) is 11.8 Å². The van der Waals surface area contributed by atoms with Crippen molar-refractivity contribution in [2.45, 2.75) is 23.1 Å². The minimum Gasteiger partial charge on any atom is -0.497 e. The number of nitrogens with zero attached hydrogens (tertiary/aromatic N) is 6. The largest absolute Gasteiger partial charge is 0.497 e. The summed E-state index contributed by atoms with van der Waals surface area (Å²) in [4.78, 5) is 26.5. The van der Waals surface area contributed by atoms with Crippen LogP contribution in [0.5, 0.6) is 5.75 Å². The van der Waals surface area contributed by atoms with Gasteiger partial charge in [0.05, 0.1) is 7.11 Å². The Morgan fingerprint density at radius 1 is 1.28 bits per heavy atom. The van der Waals surface area contributed by atoms with Crippen LogP contribution in [0.3, 0.4) is 0 Å². The molecule has 0 saturated carbocycles. The Morgan fingerprint density at radius 3 is 2.67 bits per heavy atom. The van der Waals surface area contributed by atoms with Gasteiger partial charge in [-0.3, -0.25) is 9.69 Å². The molecule has 2 atom stereocenters. The molecular formula is C23H24N7O4S2+. The Bertz CT molecular complexity index is 1310. The Kier molecular flexibility index (Phi) is 6.83. The molecular weight excluding hydrogens is 502 g/mol. The normalized spacial score (nSPS) is 19.1. The standard InChI is InChI=1S/C23H23N7O4S2/c1-28-23(25-26-27-28)36-13-15-12-35-21-18(20(31)30(21)19(15)22(32)33)24-16-7-9-29(10-8-16)11-14-3-5-17(34-2)6-4-14/h3-10,18,21H,11-13H2,1-2H3,(H,32,33)/p+1/t18-,21?/m0/s1. The lowest BCUT2D eigenvalue weighted by atomic mass is 10.0. The van der Waals surface area contributed by atoms with Gasteiger partial charge in [0.2, 0.25) is 5.16 Å². The molecule has 3 aromatic rings. The van der Waals surface area contributed by atoms with E-state index in [9.17, 15) is 14.7 Å². The van der Waals surface area contributed by atoms with E-state index in [4.69, 9.17) is 4.74 Å². The molecule has 4 heterocycles. The fourth-order valence-corrected chi connectivity index (χ4v) is 6.40. The summed E-state index contributed by atoms with van der Waals surface area (Å²) < 4.78 is 8.77. The zero-order valence-corrected chi connectivity index (χ0v) is 21.2. The summed E-state index contributed by atoms with van der Waals surface area (Å²) >= 11 is 2.90. The summed E-state index contributed by atoms with van der Waals surface area (Å²) in [6.07, 6.45) is 3.89. The number of hydrogen-bond acceptors (Lipinski definition) is 9. The van der Waals surface area contributed by atoms with E-state index in [1.54, 1.807) is 25.9 Å². The summed E-state index contributed by atoms with van der Waals surface area (Å²) in [5.74, 6) is 0.381. The average Bonchev–Trinajstić information content (AvgIpc) is 3.31. The van der Waals surface area contributed by atoms with E-state index in [0.29, 0.717) is 28.8 Å². The number of carboxylic acids is 1. The summed E-state index contributed by atoms with van der Waals surface area (Å²) in [5, 5.41) is 24.8. The highest BCUT2D eigenvalue weighted by molar-refractivity contribution is 8.01. The Labute approximate surface area is 215 Å². The van der Waals surface area contributed by atoms with Gasteiger partial charge < -0.3 is 15.2 Å². The lowest BCUT2D eigenvalue weighted by Gasteiger charge is -2.49. The summed E-state index contributed by atoms with van der Waals surface area (Å²) in [6, 6.07) is 11.2. The predicted octanol–water partition coefficient (Wildman–Crippen LogP) is 1.38. The number of fused-ring (bicyclic) bond motifs is 1. The van der Waals surface area contributed by atoms with Crippen LogP contribution in [-0.2, 0) is 23.2 Å². The molecule has 0 spiro atoms. The van der Waals surface area contributed by atoms with E-state index in [1.165, 1.54) is 21.3 Å². The van der Waals surface area contributed by atoms with Gasteiger partial charge in [0, 0.05) is 41.9 Å². The molecule has 0 bridgehead atoms. The van der Waals surface area contributed by atoms with Gasteiger partial charge in [0.25, 0.3) is 5.91 Å². The second kappa shape index (κ2) is 10.2. The van der Waals surface area contributed by atoms with Crippen molar-refractivity contribution in [2.24, 2.45) is 7.05 Å². The van der Waals surface area contributed by atoms with E-state index < -0.39 is 12.0 Å². The number of aliphatic carboxylic acids is 1. The number of rotatable bonds is 9. The molecule has 0 aliphatic carbocycles. The molecule has 1 unspecified atom stereocenters. The van der Waals surface area contributed by atoms with E-state index >= 15 is 0 Å². The van der Waals surface area contributed by atoms with Crippen LogP contribution in [0.15, 0.2) is 65.2 Å². The van der Waals surface area contributed by atoms with E-state index in [-0.39, 0.29) is 17.0 Å². The molecule has 36 heavy (non-hydrogen) atoms. The zero-order valence-electron chi connectivity index (χ0n) is 19.6. The van der Waals surface area contributed by atoms with Gasteiger partial charge in [-0.05, 0) is 40.3 Å². The number of ether oxygens (including phenoxy) is 1. The number of carbonyl (C=O) groups is 2. The minimum absolute atomic E-state index is 0.0647.